The van der Waals surface area contributed by atoms with Crippen molar-refractivity contribution < 1.29 is 9.59 Å². The molecule has 4 heteroatoms. The molecule has 4 nitrogen and oxygen atoms in total. The Kier molecular flexibility index (Phi) is 5.90. The van der Waals surface area contributed by atoms with Gasteiger partial charge in [0.1, 0.15) is 5.41 Å². The predicted molar refractivity (Wildman–Crippen MR) is 125 cm³/mol. The minimum absolute atomic E-state index is 0.0762. The van der Waals surface area contributed by atoms with Gasteiger partial charge in [0.25, 0.3) is 0 Å². The second-order valence-electron chi connectivity index (χ2n) is 7.88. The summed E-state index contributed by atoms with van der Waals surface area (Å²) < 4.78 is 0. The van der Waals surface area contributed by atoms with Crippen molar-refractivity contribution in [3.63, 3.8) is 0 Å². The van der Waals surface area contributed by atoms with E-state index in [-0.39, 0.29) is 11.8 Å². The molecule has 1 atom stereocenters. The summed E-state index contributed by atoms with van der Waals surface area (Å²) in [5.41, 5.74) is 3.71. The standard InChI is InChI=1S/C27H28N2O2/c1-3-29(4-2)25(30)18-19-27(20-12-6-5-7-13-20)23-16-10-8-14-21(23)22-15-9-11-17-24(22)28-26(27)31/h5-17H,3-4,18-19H2,1-2H3,(H,28,31)/t27-/m0/s1. The highest BCUT2D eigenvalue weighted by Crippen LogP contribution is 2.46. The van der Waals surface area contributed by atoms with Crippen LogP contribution in [0.4, 0.5) is 5.69 Å². The maximum atomic E-state index is 13.9. The molecule has 0 aromatic heterocycles. The van der Waals surface area contributed by atoms with Crippen LogP contribution in [0.3, 0.4) is 0 Å². The topological polar surface area (TPSA) is 49.4 Å². The molecule has 1 N–H and O–H groups in total. The Balaban J connectivity index is 1.90. The Morgan fingerprint density at radius 2 is 1.45 bits per heavy atom. The van der Waals surface area contributed by atoms with Gasteiger partial charge in [0.15, 0.2) is 0 Å². The summed E-state index contributed by atoms with van der Waals surface area (Å²) in [5, 5.41) is 3.18. The molecule has 158 valence electrons. The molecule has 0 radical (unpaired) electrons. The van der Waals surface area contributed by atoms with Crippen LogP contribution in [0.15, 0.2) is 78.9 Å². The fraction of sp³-hybridized carbons (Fsp3) is 0.259. The fourth-order valence-electron chi connectivity index (χ4n) is 4.70. The highest BCUT2D eigenvalue weighted by atomic mass is 16.2. The molecule has 0 aliphatic carbocycles. The third kappa shape index (κ3) is 3.63. The first-order valence-corrected chi connectivity index (χ1v) is 11.0. The summed E-state index contributed by atoms with van der Waals surface area (Å²) in [7, 11) is 0. The van der Waals surface area contributed by atoms with Gasteiger partial charge in [0, 0.05) is 30.8 Å². The molecule has 2 amide bonds. The second kappa shape index (κ2) is 8.76. The van der Waals surface area contributed by atoms with Crippen molar-refractivity contribution in [2.45, 2.75) is 32.1 Å². The molecule has 0 unspecified atom stereocenters. The largest absolute Gasteiger partial charge is 0.343 e. The number of rotatable bonds is 6. The van der Waals surface area contributed by atoms with Gasteiger partial charge in [-0.3, -0.25) is 9.59 Å². The summed E-state index contributed by atoms with van der Waals surface area (Å²) in [6.07, 6.45) is 0.706. The summed E-state index contributed by atoms with van der Waals surface area (Å²) in [4.78, 5) is 28.7. The molecule has 0 saturated heterocycles. The Hall–Kier alpha value is -3.40. The molecule has 0 saturated carbocycles. The van der Waals surface area contributed by atoms with E-state index in [1.807, 2.05) is 91.5 Å². The number of hydrogen-bond acceptors (Lipinski definition) is 2. The van der Waals surface area contributed by atoms with Gasteiger partial charge in [-0.05, 0) is 43.0 Å². The van der Waals surface area contributed by atoms with Crippen LogP contribution in [0, 0.1) is 0 Å². The van der Waals surface area contributed by atoms with E-state index in [9.17, 15) is 9.59 Å². The number of benzene rings is 3. The van der Waals surface area contributed by atoms with Gasteiger partial charge >= 0.3 is 0 Å². The number of anilines is 1. The Bertz CT molecular complexity index is 1090. The molecule has 1 heterocycles. The van der Waals surface area contributed by atoms with Gasteiger partial charge in [-0.1, -0.05) is 72.8 Å². The number of nitrogens with zero attached hydrogens (tertiary/aromatic N) is 1. The lowest BCUT2D eigenvalue weighted by atomic mass is 9.69. The maximum Gasteiger partial charge on any atom is 0.239 e. The summed E-state index contributed by atoms with van der Waals surface area (Å²) in [6.45, 7) is 5.31. The number of fused-ring (bicyclic) bond motifs is 3. The van der Waals surface area contributed by atoms with Crippen molar-refractivity contribution in [2.24, 2.45) is 0 Å². The zero-order chi connectivity index (χ0) is 21.8. The minimum Gasteiger partial charge on any atom is -0.343 e. The van der Waals surface area contributed by atoms with Crippen LogP contribution >= 0.6 is 0 Å². The fourth-order valence-corrected chi connectivity index (χ4v) is 4.70. The molecule has 4 rings (SSSR count). The van der Waals surface area contributed by atoms with Crippen LogP contribution in [0.25, 0.3) is 11.1 Å². The van der Waals surface area contributed by atoms with E-state index in [1.165, 1.54) is 0 Å². The number of para-hydroxylation sites is 1. The lowest BCUT2D eigenvalue weighted by molar-refractivity contribution is -0.131. The quantitative estimate of drug-likeness (QED) is 0.602. The van der Waals surface area contributed by atoms with Gasteiger partial charge in [0.05, 0.1) is 0 Å². The van der Waals surface area contributed by atoms with Crippen LogP contribution in [0.5, 0.6) is 0 Å². The van der Waals surface area contributed by atoms with Crippen LogP contribution in [0.1, 0.15) is 37.8 Å². The van der Waals surface area contributed by atoms with E-state index < -0.39 is 5.41 Å². The minimum atomic E-state index is -0.959. The van der Waals surface area contributed by atoms with E-state index in [2.05, 4.69) is 11.4 Å². The molecule has 1 aliphatic heterocycles. The SMILES string of the molecule is CCN(CC)C(=O)CC[C@@]1(c2ccccc2)C(=O)Nc2ccccc2-c2ccccc21. The third-order valence-corrected chi connectivity index (χ3v) is 6.34. The van der Waals surface area contributed by atoms with Crippen LogP contribution in [0.2, 0.25) is 0 Å². The normalized spacial score (nSPS) is 17.2. The Morgan fingerprint density at radius 1 is 0.839 bits per heavy atom. The van der Waals surface area contributed by atoms with Gasteiger partial charge in [-0.25, -0.2) is 0 Å². The van der Waals surface area contributed by atoms with Gasteiger partial charge in [-0.15, -0.1) is 0 Å². The average Bonchev–Trinajstić information content (AvgIpc) is 2.92. The van der Waals surface area contributed by atoms with Crippen LogP contribution in [-0.2, 0) is 15.0 Å². The summed E-state index contributed by atoms with van der Waals surface area (Å²) >= 11 is 0. The lowest BCUT2D eigenvalue weighted by Gasteiger charge is -2.34. The van der Waals surface area contributed by atoms with Crippen molar-refractivity contribution in [1.29, 1.82) is 0 Å². The molecule has 0 spiro atoms. The molecular weight excluding hydrogens is 384 g/mol. The molecule has 3 aromatic carbocycles. The number of carbonyl (C=O) groups is 2. The van der Waals surface area contributed by atoms with E-state index in [4.69, 9.17) is 0 Å². The first-order chi connectivity index (χ1) is 15.1. The van der Waals surface area contributed by atoms with E-state index >= 15 is 0 Å². The lowest BCUT2D eigenvalue weighted by Crippen LogP contribution is -2.42. The van der Waals surface area contributed by atoms with E-state index in [0.29, 0.717) is 25.9 Å². The highest BCUT2D eigenvalue weighted by molar-refractivity contribution is 6.08. The second-order valence-corrected chi connectivity index (χ2v) is 7.88. The molecule has 0 fully saturated rings. The maximum absolute atomic E-state index is 13.9. The van der Waals surface area contributed by atoms with Crippen LogP contribution in [-0.4, -0.2) is 29.8 Å². The number of carbonyl (C=O) groups excluding carboxylic acids is 2. The first-order valence-electron chi connectivity index (χ1n) is 11.0. The molecule has 3 aromatic rings. The van der Waals surface area contributed by atoms with Crippen molar-refractivity contribution in [1.82, 2.24) is 4.90 Å². The van der Waals surface area contributed by atoms with Crippen molar-refractivity contribution in [3.05, 3.63) is 90.0 Å². The third-order valence-electron chi connectivity index (χ3n) is 6.34. The number of amides is 2. The van der Waals surface area contributed by atoms with E-state index in [1.54, 1.807) is 0 Å². The average molecular weight is 413 g/mol. The Labute approximate surface area is 183 Å². The number of nitrogens with one attached hydrogen (secondary N) is 1. The van der Waals surface area contributed by atoms with Crippen molar-refractivity contribution in [2.75, 3.05) is 18.4 Å². The van der Waals surface area contributed by atoms with E-state index in [0.717, 1.165) is 27.9 Å². The molecule has 0 bridgehead atoms. The zero-order valence-corrected chi connectivity index (χ0v) is 18.1. The molecule has 31 heavy (non-hydrogen) atoms. The predicted octanol–water partition coefficient (Wildman–Crippen LogP) is 5.24. The van der Waals surface area contributed by atoms with Crippen LogP contribution < -0.4 is 5.32 Å². The van der Waals surface area contributed by atoms with Gasteiger partial charge < -0.3 is 10.2 Å². The summed E-state index contributed by atoms with van der Waals surface area (Å²) in [6, 6.07) is 25.8. The monoisotopic (exact) mass is 412 g/mol. The van der Waals surface area contributed by atoms with Gasteiger partial charge in [-0.2, -0.15) is 0 Å². The molecular formula is C27H28N2O2. The summed E-state index contributed by atoms with van der Waals surface area (Å²) in [5.74, 6) is -0.0178. The zero-order valence-electron chi connectivity index (χ0n) is 18.1. The smallest absolute Gasteiger partial charge is 0.239 e. The van der Waals surface area contributed by atoms with Crippen molar-refractivity contribution in [3.8, 4) is 11.1 Å². The first kappa shape index (κ1) is 20.9. The van der Waals surface area contributed by atoms with Crippen molar-refractivity contribution >= 4 is 17.5 Å². The Morgan fingerprint density at radius 3 is 2.16 bits per heavy atom. The number of hydrogen-bond donors (Lipinski definition) is 1. The van der Waals surface area contributed by atoms with Gasteiger partial charge in [0.2, 0.25) is 11.8 Å². The molecule has 1 aliphatic rings. The highest BCUT2D eigenvalue weighted by Gasteiger charge is 2.45.